The maximum Gasteiger partial charge on any atom is 0.335 e. The number of aromatic carboxylic acids is 1. The van der Waals surface area contributed by atoms with Crippen molar-refractivity contribution in [3.8, 4) is 0 Å². The van der Waals surface area contributed by atoms with Crippen LogP contribution < -0.4 is 10.6 Å². The Hall–Kier alpha value is -3.92. The molecule has 34 heavy (non-hydrogen) atoms. The molecule has 0 fully saturated rings. The Bertz CT molecular complexity index is 1240. The number of nitrogens with one attached hydrogen (secondary N) is 2. The maximum absolute atomic E-state index is 12.6. The highest BCUT2D eigenvalue weighted by Crippen LogP contribution is 2.20. The first-order chi connectivity index (χ1) is 16.3. The summed E-state index contributed by atoms with van der Waals surface area (Å²) in [6.07, 6.45) is 1.68. The number of carbonyl (C=O) groups is 3. The van der Waals surface area contributed by atoms with Crippen molar-refractivity contribution in [2.24, 2.45) is 0 Å². The van der Waals surface area contributed by atoms with Crippen LogP contribution in [0.4, 0.5) is 11.4 Å². The van der Waals surface area contributed by atoms with E-state index in [1.165, 1.54) is 12.1 Å². The summed E-state index contributed by atoms with van der Waals surface area (Å²) >= 11 is 1.16. The number of carboxylic acids is 1. The number of thioether (sulfide) groups is 1. The average molecular weight is 480 g/mol. The summed E-state index contributed by atoms with van der Waals surface area (Å²) in [4.78, 5) is 36.0. The molecule has 0 aliphatic carbocycles. The molecule has 0 saturated heterocycles. The van der Waals surface area contributed by atoms with Crippen LogP contribution in [-0.2, 0) is 22.6 Å². The first-order valence-electron chi connectivity index (χ1n) is 10.4. The Morgan fingerprint density at radius 3 is 2.47 bits per heavy atom. The number of carbonyl (C=O) groups excluding carboxylic acids is 2. The van der Waals surface area contributed by atoms with Gasteiger partial charge in [-0.05, 0) is 55.3 Å². The summed E-state index contributed by atoms with van der Waals surface area (Å²) in [7, 11) is 0. The highest BCUT2D eigenvalue weighted by atomic mass is 32.2. The van der Waals surface area contributed by atoms with Crippen LogP contribution in [0, 0.1) is 13.8 Å². The number of hydrogen-bond acceptors (Lipinski definition) is 6. The lowest BCUT2D eigenvalue weighted by Gasteiger charge is -2.10. The topological polar surface area (TPSA) is 126 Å². The van der Waals surface area contributed by atoms with Crippen molar-refractivity contribution in [2.75, 3.05) is 16.4 Å². The molecular weight excluding hydrogens is 454 g/mol. The van der Waals surface area contributed by atoms with Crippen LogP contribution in [0.2, 0.25) is 0 Å². The Balaban J connectivity index is 1.62. The van der Waals surface area contributed by atoms with E-state index < -0.39 is 5.97 Å². The van der Waals surface area contributed by atoms with Crippen molar-refractivity contribution in [3.05, 3.63) is 77.6 Å². The van der Waals surface area contributed by atoms with E-state index in [9.17, 15) is 14.4 Å². The van der Waals surface area contributed by atoms with Gasteiger partial charge in [0.2, 0.25) is 11.8 Å². The number of carboxylic acid groups (broad SMARTS) is 1. The third-order valence-corrected chi connectivity index (χ3v) is 5.91. The molecule has 0 unspecified atom stereocenters. The maximum atomic E-state index is 12.6. The fraction of sp³-hybridized carbons (Fsp3) is 0.208. The predicted octanol–water partition coefficient (Wildman–Crippen LogP) is 3.69. The Kier molecular flexibility index (Phi) is 8.20. The summed E-state index contributed by atoms with van der Waals surface area (Å²) in [5.41, 5.74) is 3.41. The first kappa shape index (κ1) is 24.7. The number of anilines is 2. The number of amides is 2. The van der Waals surface area contributed by atoms with E-state index in [0.717, 1.165) is 22.9 Å². The summed E-state index contributed by atoms with van der Waals surface area (Å²) in [5.74, 6) is -1.14. The molecule has 0 atom stereocenters. The number of allylic oxidation sites excluding steroid dienone is 1. The fourth-order valence-corrected chi connectivity index (χ4v) is 3.86. The van der Waals surface area contributed by atoms with Gasteiger partial charge in [-0.25, -0.2) is 4.79 Å². The third kappa shape index (κ3) is 6.55. The highest BCUT2D eigenvalue weighted by Gasteiger charge is 2.17. The van der Waals surface area contributed by atoms with E-state index in [1.807, 2.05) is 32.0 Å². The Morgan fingerprint density at radius 2 is 1.76 bits per heavy atom. The molecule has 176 valence electrons. The highest BCUT2D eigenvalue weighted by molar-refractivity contribution is 7.99. The van der Waals surface area contributed by atoms with Crippen LogP contribution in [0.1, 0.15) is 27.3 Å². The molecular formula is C24H25N5O4S. The zero-order valence-corrected chi connectivity index (χ0v) is 19.7. The Morgan fingerprint density at radius 1 is 1.03 bits per heavy atom. The predicted molar refractivity (Wildman–Crippen MR) is 131 cm³/mol. The van der Waals surface area contributed by atoms with E-state index in [2.05, 4.69) is 27.4 Å². The molecule has 0 saturated carbocycles. The van der Waals surface area contributed by atoms with Crippen molar-refractivity contribution in [3.63, 3.8) is 0 Å². The Labute approximate surface area is 201 Å². The molecule has 1 heterocycles. The van der Waals surface area contributed by atoms with Crippen LogP contribution >= 0.6 is 11.8 Å². The van der Waals surface area contributed by atoms with Crippen molar-refractivity contribution >= 4 is 40.9 Å². The molecule has 0 radical (unpaired) electrons. The molecule has 0 aliphatic rings. The number of aryl methyl sites for hydroxylation is 2. The number of nitrogens with zero attached hydrogens (tertiary/aromatic N) is 3. The van der Waals surface area contributed by atoms with E-state index >= 15 is 0 Å². The van der Waals surface area contributed by atoms with E-state index in [1.54, 1.807) is 22.8 Å². The van der Waals surface area contributed by atoms with Gasteiger partial charge in [-0.1, -0.05) is 30.0 Å². The second-order valence-electron chi connectivity index (χ2n) is 7.54. The summed E-state index contributed by atoms with van der Waals surface area (Å²) < 4.78 is 1.73. The van der Waals surface area contributed by atoms with Gasteiger partial charge in [0.15, 0.2) is 5.16 Å². The molecule has 3 N–H and O–H groups in total. The van der Waals surface area contributed by atoms with Crippen molar-refractivity contribution < 1.29 is 19.5 Å². The lowest BCUT2D eigenvalue weighted by molar-refractivity contribution is -0.116. The van der Waals surface area contributed by atoms with Gasteiger partial charge in [0.1, 0.15) is 5.82 Å². The monoisotopic (exact) mass is 479 g/mol. The zero-order valence-electron chi connectivity index (χ0n) is 18.9. The van der Waals surface area contributed by atoms with Gasteiger partial charge in [0.25, 0.3) is 0 Å². The van der Waals surface area contributed by atoms with Gasteiger partial charge in [-0.3, -0.25) is 9.59 Å². The zero-order chi connectivity index (χ0) is 24.7. The smallest absolute Gasteiger partial charge is 0.335 e. The molecule has 0 bridgehead atoms. The number of benzene rings is 2. The van der Waals surface area contributed by atoms with Crippen LogP contribution in [-0.4, -0.2) is 43.4 Å². The largest absolute Gasteiger partial charge is 0.478 e. The van der Waals surface area contributed by atoms with Gasteiger partial charge in [-0.2, -0.15) is 0 Å². The molecule has 2 amide bonds. The minimum atomic E-state index is -1.07. The van der Waals surface area contributed by atoms with Gasteiger partial charge >= 0.3 is 5.97 Å². The lowest BCUT2D eigenvalue weighted by Crippen LogP contribution is -2.18. The van der Waals surface area contributed by atoms with E-state index in [-0.39, 0.29) is 29.6 Å². The van der Waals surface area contributed by atoms with Crippen molar-refractivity contribution in [2.45, 2.75) is 32.0 Å². The molecule has 2 aromatic carbocycles. The number of rotatable bonds is 10. The average Bonchev–Trinajstić information content (AvgIpc) is 3.16. The fourth-order valence-electron chi connectivity index (χ4n) is 3.09. The lowest BCUT2D eigenvalue weighted by atomic mass is 10.1. The molecule has 0 spiro atoms. The molecule has 3 rings (SSSR count). The minimum absolute atomic E-state index is 0.0164. The molecule has 1 aromatic heterocycles. The molecule has 3 aromatic rings. The quantitative estimate of drug-likeness (QED) is 0.299. The second-order valence-corrected chi connectivity index (χ2v) is 8.49. The SMILES string of the molecule is C=CCn1c(CC(=O)Nc2ccc(C)c(C)c2)nnc1SCC(=O)Nc1cccc(C(=O)O)c1. The normalized spacial score (nSPS) is 10.5. The minimum Gasteiger partial charge on any atom is -0.478 e. The second kappa shape index (κ2) is 11.3. The first-order valence-corrected chi connectivity index (χ1v) is 11.4. The van der Waals surface area contributed by atoms with Gasteiger partial charge in [-0.15, -0.1) is 16.8 Å². The van der Waals surface area contributed by atoms with Gasteiger partial charge < -0.3 is 20.3 Å². The summed E-state index contributed by atoms with van der Waals surface area (Å²) in [6.45, 7) is 8.11. The van der Waals surface area contributed by atoms with Gasteiger partial charge in [0.05, 0.1) is 17.7 Å². The third-order valence-electron chi connectivity index (χ3n) is 4.94. The van der Waals surface area contributed by atoms with E-state index in [4.69, 9.17) is 5.11 Å². The summed E-state index contributed by atoms with van der Waals surface area (Å²) in [6, 6.07) is 11.7. The van der Waals surface area contributed by atoms with Crippen LogP contribution in [0.3, 0.4) is 0 Å². The van der Waals surface area contributed by atoms with E-state index in [0.29, 0.717) is 28.9 Å². The van der Waals surface area contributed by atoms with Crippen LogP contribution in [0.25, 0.3) is 0 Å². The molecule has 0 aliphatic heterocycles. The number of aromatic nitrogens is 3. The number of hydrogen-bond donors (Lipinski definition) is 3. The molecule has 10 heteroatoms. The van der Waals surface area contributed by atoms with Crippen molar-refractivity contribution in [1.29, 1.82) is 0 Å². The standard InChI is InChI=1S/C24H25N5O4S/c1-4-10-29-20(13-21(30)25-19-9-8-15(2)16(3)11-19)27-28-24(29)34-14-22(31)26-18-7-5-6-17(12-18)23(32)33/h4-9,11-12H,1,10,13-14H2,2-3H3,(H,25,30)(H,26,31)(H,32,33). The molecule has 9 nitrogen and oxygen atoms in total. The van der Waals surface area contributed by atoms with Crippen molar-refractivity contribution in [1.82, 2.24) is 14.8 Å². The van der Waals surface area contributed by atoms with Crippen LogP contribution in [0.5, 0.6) is 0 Å². The summed E-state index contributed by atoms with van der Waals surface area (Å²) in [5, 5.41) is 23.3. The van der Waals surface area contributed by atoms with Crippen LogP contribution in [0.15, 0.2) is 60.3 Å². The van der Waals surface area contributed by atoms with Gasteiger partial charge in [0, 0.05) is 17.9 Å².